The molecule has 1 heterocycles. The number of benzene rings is 1. The molecule has 0 bridgehead atoms. The van der Waals surface area contributed by atoms with E-state index >= 15 is 0 Å². The SMILES string of the molecule is COc1cc(C)ccc1CN=C1CCN(C(=O)OC(C)(C)C)CC1. The maximum atomic E-state index is 12.1. The van der Waals surface area contributed by atoms with Crippen molar-refractivity contribution < 1.29 is 14.3 Å². The Hall–Kier alpha value is -2.04. The number of likely N-dealkylation sites (tertiary alicyclic amines) is 1. The van der Waals surface area contributed by atoms with Crippen molar-refractivity contribution in [2.24, 2.45) is 4.99 Å². The van der Waals surface area contributed by atoms with Gasteiger partial charge >= 0.3 is 6.09 Å². The van der Waals surface area contributed by atoms with Crippen molar-refractivity contribution in [3.05, 3.63) is 29.3 Å². The number of carbonyl (C=O) groups is 1. The first-order chi connectivity index (χ1) is 11.3. The molecule has 0 saturated carbocycles. The van der Waals surface area contributed by atoms with Gasteiger partial charge in [0.25, 0.3) is 0 Å². The predicted octanol–water partition coefficient (Wildman–Crippen LogP) is 3.98. The van der Waals surface area contributed by atoms with Crippen LogP contribution >= 0.6 is 0 Å². The number of ether oxygens (including phenoxy) is 2. The van der Waals surface area contributed by atoms with Crippen LogP contribution < -0.4 is 4.74 Å². The van der Waals surface area contributed by atoms with E-state index in [1.54, 1.807) is 12.0 Å². The van der Waals surface area contributed by atoms with Crippen molar-refractivity contribution in [3.8, 4) is 5.75 Å². The molecule has 24 heavy (non-hydrogen) atoms. The maximum Gasteiger partial charge on any atom is 0.410 e. The summed E-state index contributed by atoms with van der Waals surface area (Å²) in [6, 6.07) is 6.16. The first kappa shape index (κ1) is 18.3. The van der Waals surface area contributed by atoms with E-state index in [0.717, 1.165) is 29.9 Å². The highest BCUT2D eigenvalue weighted by Gasteiger charge is 2.25. The molecule has 0 radical (unpaired) electrons. The molecule has 0 aromatic heterocycles. The van der Waals surface area contributed by atoms with Crippen molar-refractivity contribution >= 4 is 11.8 Å². The van der Waals surface area contributed by atoms with Gasteiger partial charge < -0.3 is 14.4 Å². The lowest BCUT2D eigenvalue weighted by Gasteiger charge is -2.30. The van der Waals surface area contributed by atoms with Crippen LogP contribution in [0.15, 0.2) is 23.2 Å². The molecule has 1 aromatic carbocycles. The number of aryl methyl sites for hydroxylation is 1. The minimum atomic E-state index is -0.451. The Morgan fingerprint density at radius 1 is 1.25 bits per heavy atom. The zero-order valence-electron chi connectivity index (χ0n) is 15.4. The molecule has 0 atom stereocenters. The lowest BCUT2D eigenvalue weighted by Crippen LogP contribution is -2.41. The molecule has 5 heteroatoms. The molecule has 0 N–H and O–H groups in total. The van der Waals surface area contributed by atoms with Crippen LogP contribution in [0.1, 0.15) is 44.7 Å². The van der Waals surface area contributed by atoms with Gasteiger partial charge in [-0.3, -0.25) is 4.99 Å². The van der Waals surface area contributed by atoms with E-state index in [0.29, 0.717) is 19.6 Å². The highest BCUT2D eigenvalue weighted by atomic mass is 16.6. The van der Waals surface area contributed by atoms with Gasteiger partial charge in [-0.25, -0.2) is 4.79 Å². The summed E-state index contributed by atoms with van der Waals surface area (Å²) >= 11 is 0. The number of aliphatic imine (C=N–C) groups is 1. The smallest absolute Gasteiger partial charge is 0.410 e. The minimum absolute atomic E-state index is 0.234. The molecule has 1 fully saturated rings. The Balaban J connectivity index is 1.90. The summed E-state index contributed by atoms with van der Waals surface area (Å²) < 4.78 is 10.8. The van der Waals surface area contributed by atoms with Gasteiger partial charge in [0.2, 0.25) is 0 Å². The zero-order valence-corrected chi connectivity index (χ0v) is 15.4. The first-order valence-corrected chi connectivity index (χ1v) is 8.42. The first-order valence-electron chi connectivity index (χ1n) is 8.42. The molecular formula is C19H28N2O3. The van der Waals surface area contributed by atoms with Crippen LogP contribution in [0.4, 0.5) is 4.79 Å². The number of hydrogen-bond acceptors (Lipinski definition) is 4. The topological polar surface area (TPSA) is 51.1 Å². The third-order valence-electron chi connectivity index (χ3n) is 3.91. The second-order valence-corrected chi connectivity index (χ2v) is 7.17. The number of nitrogens with zero attached hydrogens (tertiary/aromatic N) is 2. The van der Waals surface area contributed by atoms with Gasteiger partial charge in [0, 0.05) is 37.2 Å². The molecule has 1 aliphatic heterocycles. The van der Waals surface area contributed by atoms with E-state index in [2.05, 4.69) is 12.1 Å². The second kappa shape index (κ2) is 7.69. The summed E-state index contributed by atoms with van der Waals surface area (Å²) in [5.41, 5.74) is 2.96. The second-order valence-electron chi connectivity index (χ2n) is 7.17. The van der Waals surface area contributed by atoms with Crippen LogP contribution in [0.25, 0.3) is 0 Å². The van der Waals surface area contributed by atoms with Crippen LogP contribution in [0.5, 0.6) is 5.75 Å². The fraction of sp³-hybridized carbons (Fsp3) is 0.579. The molecule has 5 nitrogen and oxygen atoms in total. The summed E-state index contributed by atoms with van der Waals surface area (Å²) in [4.78, 5) is 18.5. The Bertz CT molecular complexity index is 608. The summed E-state index contributed by atoms with van der Waals surface area (Å²) in [6.07, 6.45) is 1.36. The third kappa shape index (κ3) is 5.25. The van der Waals surface area contributed by atoms with Gasteiger partial charge in [-0.05, 0) is 39.3 Å². The van der Waals surface area contributed by atoms with E-state index in [1.165, 1.54) is 5.56 Å². The van der Waals surface area contributed by atoms with E-state index < -0.39 is 5.60 Å². The van der Waals surface area contributed by atoms with Gasteiger partial charge in [0.05, 0.1) is 13.7 Å². The third-order valence-corrected chi connectivity index (χ3v) is 3.91. The van der Waals surface area contributed by atoms with Gasteiger partial charge in [0.15, 0.2) is 0 Å². The van der Waals surface area contributed by atoms with Crippen LogP contribution in [-0.4, -0.2) is 42.5 Å². The van der Waals surface area contributed by atoms with Gasteiger partial charge in [-0.2, -0.15) is 0 Å². The van der Waals surface area contributed by atoms with E-state index in [4.69, 9.17) is 14.5 Å². The molecule has 1 aliphatic rings. The standard InChI is InChI=1S/C19H28N2O3/c1-14-6-7-15(17(12-14)23-5)13-20-16-8-10-21(11-9-16)18(22)24-19(2,3)4/h6-7,12H,8-11,13H2,1-5H3. The predicted molar refractivity (Wildman–Crippen MR) is 95.9 cm³/mol. The fourth-order valence-corrected chi connectivity index (χ4v) is 2.61. The molecule has 2 rings (SSSR count). The van der Waals surface area contributed by atoms with Crippen molar-refractivity contribution in [2.75, 3.05) is 20.2 Å². The van der Waals surface area contributed by atoms with E-state index in [-0.39, 0.29) is 6.09 Å². The summed E-state index contributed by atoms with van der Waals surface area (Å²) in [7, 11) is 1.69. The van der Waals surface area contributed by atoms with E-state index in [1.807, 2.05) is 33.8 Å². The molecule has 1 aromatic rings. The number of hydrogen-bond donors (Lipinski definition) is 0. The van der Waals surface area contributed by atoms with Crippen molar-refractivity contribution in [1.29, 1.82) is 0 Å². The quantitative estimate of drug-likeness (QED) is 0.841. The minimum Gasteiger partial charge on any atom is -0.496 e. The lowest BCUT2D eigenvalue weighted by molar-refractivity contribution is 0.0249. The monoisotopic (exact) mass is 332 g/mol. The largest absolute Gasteiger partial charge is 0.496 e. The van der Waals surface area contributed by atoms with Crippen LogP contribution in [0, 0.1) is 6.92 Å². The summed E-state index contributed by atoms with van der Waals surface area (Å²) in [6.45, 7) is 9.65. The molecule has 1 amide bonds. The molecular weight excluding hydrogens is 304 g/mol. The van der Waals surface area contributed by atoms with Crippen LogP contribution in [0.3, 0.4) is 0 Å². The summed E-state index contributed by atoms with van der Waals surface area (Å²) in [5, 5.41) is 0. The molecule has 1 saturated heterocycles. The number of amides is 1. The number of methoxy groups -OCH3 is 1. The highest BCUT2D eigenvalue weighted by Crippen LogP contribution is 2.21. The van der Waals surface area contributed by atoms with Gasteiger partial charge in [-0.15, -0.1) is 0 Å². The number of rotatable bonds is 3. The Kier molecular flexibility index (Phi) is 5.86. The Morgan fingerprint density at radius 3 is 2.50 bits per heavy atom. The fourth-order valence-electron chi connectivity index (χ4n) is 2.61. The normalized spacial score (nSPS) is 15.2. The average molecular weight is 332 g/mol. The average Bonchev–Trinajstić information content (AvgIpc) is 2.52. The van der Waals surface area contributed by atoms with Crippen molar-refractivity contribution in [3.63, 3.8) is 0 Å². The van der Waals surface area contributed by atoms with Gasteiger partial charge in [0.1, 0.15) is 11.4 Å². The number of piperidine rings is 1. The molecule has 0 unspecified atom stereocenters. The van der Waals surface area contributed by atoms with Crippen LogP contribution in [-0.2, 0) is 11.3 Å². The van der Waals surface area contributed by atoms with E-state index in [9.17, 15) is 4.79 Å². The Morgan fingerprint density at radius 2 is 1.92 bits per heavy atom. The van der Waals surface area contributed by atoms with Crippen molar-refractivity contribution in [1.82, 2.24) is 4.90 Å². The zero-order chi connectivity index (χ0) is 17.7. The lowest BCUT2D eigenvalue weighted by atomic mass is 10.1. The Labute approximate surface area is 144 Å². The number of carbonyl (C=O) groups excluding carboxylic acids is 1. The van der Waals surface area contributed by atoms with Crippen LogP contribution in [0.2, 0.25) is 0 Å². The molecule has 132 valence electrons. The summed E-state index contributed by atoms with van der Waals surface area (Å²) in [5.74, 6) is 0.880. The molecule has 0 aliphatic carbocycles. The van der Waals surface area contributed by atoms with Crippen molar-refractivity contribution in [2.45, 2.75) is 52.7 Å². The maximum absolute atomic E-state index is 12.1. The molecule has 0 spiro atoms. The highest BCUT2D eigenvalue weighted by molar-refractivity contribution is 5.86. The van der Waals surface area contributed by atoms with Gasteiger partial charge in [-0.1, -0.05) is 12.1 Å².